The van der Waals surface area contributed by atoms with Gasteiger partial charge >= 0.3 is 0 Å². The molecule has 1 fully saturated rings. The lowest BCUT2D eigenvalue weighted by Gasteiger charge is -2.25. The molecule has 7 heteroatoms. The number of carbonyl (C=O) groups is 1. The average molecular weight is 268 g/mol. The van der Waals surface area contributed by atoms with Crippen molar-refractivity contribution in [1.82, 2.24) is 4.31 Å². The fourth-order valence-electron chi connectivity index (χ4n) is 1.80. The number of Topliss-reactive ketones (excluding diaryl/α,β-unsaturated/α-hetero) is 1. The van der Waals surface area contributed by atoms with Crippen molar-refractivity contribution in [3.8, 4) is 0 Å². The minimum atomic E-state index is -3.57. The molecule has 0 N–H and O–H groups in total. The van der Waals surface area contributed by atoms with Crippen LogP contribution >= 0.6 is 0 Å². The number of hydrogen-bond acceptors (Lipinski definition) is 5. The van der Waals surface area contributed by atoms with Crippen molar-refractivity contribution < 1.29 is 13.2 Å². The van der Waals surface area contributed by atoms with Crippen LogP contribution in [0.5, 0.6) is 0 Å². The number of rotatable bonds is 3. The number of nitroso groups, excluding NO2 is 1. The van der Waals surface area contributed by atoms with Crippen molar-refractivity contribution in [3.63, 3.8) is 0 Å². The summed E-state index contributed by atoms with van der Waals surface area (Å²) in [6.07, 6.45) is 0.514. The molecule has 0 radical (unpaired) electrons. The molecule has 1 aromatic rings. The van der Waals surface area contributed by atoms with Crippen molar-refractivity contribution in [1.29, 1.82) is 0 Å². The van der Waals surface area contributed by atoms with E-state index in [1.807, 2.05) is 0 Å². The second-order valence-electron chi connectivity index (χ2n) is 4.03. The molecule has 1 saturated heterocycles. The Morgan fingerprint density at radius 2 is 1.61 bits per heavy atom. The Balaban J connectivity index is 2.24. The van der Waals surface area contributed by atoms with Crippen LogP contribution in [0.25, 0.3) is 0 Å². The van der Waals surface area contributed by atoms with Gasteiger partial charge in [-0.2, -0.15) is 4.31 Å². The first-order chi connectivity index (χ1) is 8.54. The van der Waals surface area contributed by atoms with Gasteiger partial charge in [0.05, 0.1) is 4.90 Å². The standard InChI is InChI=1S/C11H12N2O4S/c14-10-5-7-13(8-6-10)18(16,17)11-3-1-9(12-15)2-4-11/h1-4H,5-8H2. The van der Waals surface area contributed by atoms with E-state index in [0.717, 1.165) is 0 Å². The van der Waals surface area contributed by atoms with Gasteiger partial charge in [-0.3, -0.25) is 4.79 Å². The highest BCUT2D eigenvalue weighted by Crippen LogP contribution is 2.21. The average Bonchev–Trinajstić information content (AvgIpc) is 2.39. The van der Waals surface area contributed by atoms with Gasteiger partial charge in [0.2, 0.25) is 10.0 Å². The Labute approximate surface area is 105 Å². The van der Waals surface area contributed by atoms with Gasteiger partial charge < -0.3 is 0 Å². The van der Waals surface area contributed by atoms with Crippen LogP contribution in [0.1, 0.15) is 12.8 Å². The summed E-state index contributed by atoms with van der Waals surface area (Å²) >= 11 is 0. The van der Waals surface area contributed by atoms with Gasteiger partial charge in [0.25, 0.3) is 0 Å². The Morgan fingerprint density at radius 3 is 2.11 bits per heavy atom. The van der Waals surface area contributed by atoms with Crippen LogP contribution in [-0.4, -0.2) is 31.6 Å². The molecule has 1 aliphatic rings. The molecule has 6 nitrogen and oxygen atoms in total. The number of piperidine rings is 1. The van der Waals surface area contributed by atoms with E-state index in [0.29, 0.717) is 0 Å². The lowest BCUT2D eigenvalue weighted by molar-refractivity contribution is -0.120. The SMILES string of the molecule is O=Nc1ccc(S(=O)(=O)N2CCC(=O)CC2)cc1. The second-order valence-corrected chi connectivity index (χ2v) is 5.97. The fourth-order valence-corrected chi connectivity index (χ4v) is 3.25. The smallest absolute Gasteiger partial charge is 0.243 e. The molecule has 18 heavy (non-hydrogen) atoms. The third-order valence-corrected chi connectivity index (χ3v) is 4.77. The number of sulfonamides is 1. The highest BCUT2D eigenvalue weighted by Gasteiger charge is 2.28. The van der Waals surface area contributed by atoms with Crippen molar-refractivity contribution in [2.45, 2.75) is 17.7 Å². The summed E-state index contributed by atoms with van der Waals surface area (Å²) in [6.45, 7) is 0.434. The monoisotopic (exact) mass is 268 g/mol. The Kier molecular flexibility index (Phi) is 3.53. The first kappa shape index (κ1) is 12.8. The van der Waals surface area contributed by atoms with E-state index in [-0.39, 0.29) is 42.3 Å². The Morgan fingerprint density at radius 1 is 1.06 bits per heavy atom. The van der Waals surface area contributed by atoms with Crippen LogP contribution in [0.4, 0.5) is 5.69 Å². The van der Waals surface area contributed by atoms with E-state index >= 15 is 0 Å². The highest BCUT2D eigenvalue weighted by molar-refractivity contribution is 7.89. The summed E-state index contributed by atoms with van der Waals surface area (Å²) in [5, 5.41) is 2.71. The number of carbonyl (C=O) groups excluding carboxylic acids is 1. The van der Waals surface area contributed by atoms with E-state index in [2.05, 4.69) is 5.18 Å². The largest absolute Gasteiger partial charge is 0.300 e. The van der Waals surface area contributed by atoms with Crippen LogP contribution in [0.3, 0.4) is 0 Å². The summed E-state index contributed by atoms with van der Waals surface area (Å²) < 4.78 is 25.7. The van der Waals surface area contributed by atoms with Gasteiger partial charge in [0, 0.05) is 25.9 Å². The predicted molar refractivity (Wildman–Crippen MR) is 64.9 cm³/mol. The first-order valence-corrected chi connectivity index (χ1v) is 6.93. The molecule has 0 unspecified atom stereocenters. The predicted octanol–water partition coefficient (Wildman–Crippen LogP) is 1.44. The molecule has 1 aliphatic heterocycles. The van der Waals surface area contributed by atoms with Crippen molar-refractivity contribution in [3.05, 3.63) is 29.2 Å². The maximum Gasteiger partial charge on any atom is 0.243 e. The molecule has 1 aromatic carbocycles. The summed E-state index contributed by atoms with van der Waals surface area (Å²) in [5.41, 5.74) is 0.183. The summed E-state index contributed by atoms with van der Waals surface area (Å²) in [4.78, 5) is 21.5. The van der Waals surface area contributed by atoms with Crippen LogP contribution in [0, 0.1) is 4.91 Å². The summed E-state index contributed by atoms with van der Waals surface area (Å²) in [7, 11) is -3.57. The highest BCUT2D eigenvalue weighted by atomic mass is 32.2. The summed E-state index contributed by atoms with van der Waals surface area (Å²) in [6, 6.07) is 5.41. The minimum absolute atomic E-state index is 0.0851. The van der Waals surface area contributed by atoms with Gasteiger partial charge in [0.1, 0.15) is 11.5 Å². The zero-order chi connectivity index (χ0) is 13.2. The van der Waals surface area contributed by atoms with Gasteiger partial charge in [-0.1, -0.05) is 0 Å². The third-order valence-electron chi connectivity index (χ3n) is 2.86. The van der Waals surface area contributed by atoms with Crippen LogP contribution < -0.4 is 0 Å². The maximum absolute atomic E-state index is 12.2. The Hall–Kier alpha value is -1.60. The molecule has 0 spiro atoms. The Bertz CT molecular complexity index is 555. The van der Waals surface area contributed by atoms with Crippen molar-refractivity contribution >= 4 is 21.5 Å². The lowest BCUT2D eigenvalue weighted by atomic mass is 10.1. The third kappa shape index (κ3) is 2.46. The minimum Gasteiger partial charge on any atom is -0.300 e. The molecule has 0 aromatic heterocycles. The topological polar surface area (TPSA) is 83.9 Å². The molecule has 1 heterocycles. The van der Waals surface area contributed by atoms with Gasteiger partial charge in [-0.05, 0) is 29.4 Å². The van der Waals surface area contributed by atoms with Crippen LogP contribution in [0.2, 0.25) is 0 Å². The van der Waals surface area contributed by atoms with Crippen LogP contribution in [-0.2, 0) is 14.8 Å². The van der Waals surface area contributed by atoms with Crippen molar-refractivity contribution in [2.24, 2.45) is 5.18 Å². The summed E-state index contributed by atoms with van der Waals surface area (Å²) in [5.74, 6) is 0.0851. The van der Waals surface area contributed by atoms with E-state index < -0.39 is 10.0 Å². The molecule has 0 atom stereocenters. The zero-order valence-corrected chi connectivity index (χ0v) is 10.4. The normalized spacial score (nSPS) is 17.7. The van der Waals surface area contributed by atoms with E-state index in [9.17, 15) is 18.1 Å². The molecule has 0 saturated carbocycles. The zero-order valence-electron chi connectivity index (χ0n) is 9.57. The van der Waals surface area contributed by atoms with Gasteiger partial charge in [0.15, 0.2) is 0 Å². The molecule has 0 aliphatic carbocycles. The quantitative estimate of drug-likeness (QED) is 0.776. The number of nitrogens with zero attached hydrogens (tertiary/aromatic N) is 2. The lowest BCUT2D eigenvalue weighted by Crippen LogP contribution is -2.38. The maximum atomic E-state index is 12.2. The number of ketones is 1. The number of hydrogen-bond donors (Lipinski definition) is 0. The van der Waals surface area contributed by atoms with Gasteiger partial charge in [-0.15, -0.1) is 4.91 Å². The molecule has 0 bridgehead atoms. The van der Waals surface area contributed by atoms with Crippen molar-refractivity contribution in [2.75, 3.05) is 13.1 Å². The van der Waals surface area contributed by atoms with E-state index in [1.165, 1.54) is 28.6 Å². The molecule has 0 amide bonds. The first-order valence-electron chi connectivity index (χ1n) is 5.49. The molecular weight excluding hydrogens is 256 g/mol. The van der Waals surface area contributed by atoms with Crippen LogP contribution in [0.15, 0.2) is 34.3 Å². The molecule has 96 valence electrons. The van der Waals surface area contributed by atoms with E-state index in [1.54, 1.807) is 0 Å². The molecule has 2 rings (SSSR count). The van der Waals surface area contributed by atoms with Gasteiger partial charge in [-0.25, -0.2) is 8.42 Å². The second kappa shape index (κ2) is 4.95. The molecular formula is C11H12N2O4S. The van der Waals surface area contributed by atoms with E-state index in [4.69, 9.17) is 0 Å². The fraction of sp³-hybridized carbons (Fsp3) is 0.364. The number of benzene rings is 1.